The van der Waals surface area contributed by atoms with Crippen molar-refractivity contribution in [3.05, 3.63) is 46.4 Å². The summed E-state index contributed by atoms with van der Waals surface area (Å²) in [5, 5.41) is 9.42. The van der Waals surface area contributed by atoms with Crippen LogP contribution in [0.25, 0.3) is 0 Å². The molecular formula is C16H19N3OS. The second-order valence-corrected chi connectivity index (χ2v) is 6.37. The smallest absolute Gasteiger partial charge is 0.220 e. The van der Waals surface area contributed by atoms with Crippen molar-refractivity contribution in [1.29, 1.82) is 0 Å². The lowest BCUT2D eigenvalue weighted by Crippen LogP contribution is -2.29. The maximum absolute atomic E-state index is 12.1. The van der Waals surface area contributed by atoms with Crippen LogP contribution in [0.3, 0.4) is 0 Å². The van der Waals surface area contributed by atoms with Gasteiger partial charge in [-0.25, -0.2) is 4.98 Å². The first-order chi connectivity index (χ1) is 10.2. The summed E-state index contributed by atoms with van der Waals surface area (Å²) in [5.41, 5.74) is 2.41. The SMILES string of the molecule is CC(CNC(=O)CC1CNc2ccccc21)c1nccs1. The summed E-state index contributed by atoms with van der Waals surface area (Å²) in [5.74, 6) is 0.654. The molecule has 0 spiro atoms. The molecule has 2 aromatic rings. The molecule has 0 saturated heterocycles. The van der Waals surface area contributed by atoms with E-state index in [4.69, 9.17) is 0 Å². The number of aromatic nitrogens is 1. The summed E-state index contributed by atoms with van der Waals surface area (Å²) < 4.78 is 0. The second kappa shape index (κ2) is 6.26. The van der Waals surface area contributed by atoms with E-state index in [2.05, 4.69) is 34.7 Å². The van der Waals surface area contributed by atoms with Crippen LogP contribution in [0.1, 0.15) is 35.8 Å². The molecule has 5 heteroatoms. The van der Waals surface area contributed by atoms with Gasteiger partial charge in [-0.3, -0.25) is 4.79 Å². The molecule has 21 heavy (non-hydrogen) atoms. The Kier molecular flexibility index (Phi) is 4.20. The molecule has 0 aliphatic carbocycles. The summed E-state index contributed by atoms with van der Waals surface area (Å²) in [6.07, 6.45) is 2.34. The van der Waals surface area contributed by atoms with Gasteiger partial charge in [0.05, 0.1) is 5.01 Å². The van der Waals surface area contributed by atoms with Crippen LogP contribution in [0.15, 0.2) is 35.8 Å². The fraction of sp³-hybridized carbons (Fsp3) is 0.375. The number of nitrogens with zero attached hydrogens (tertiary/aromatic N) is 1. The number of thiazole rings is 1. The van der Waals surface area contributed by atoms with Gasteiger partial charge < -0.3 is 10.6 Å². The largest absolute Gasteiger partial charge is 0.384 e. The third-order valence-corrected chi connectivity index (χ3v) is 4.86. The number of hydrogen-bond acceptors (Lipinski definition) is 4. The van der Waals surface area contributed by atoms with Crippen molar-refractivity contribution in [3.8, 4) is 0 Å². The number of anilines is 1. The molecule has 2 unspecified atom stereocenters. The molecule has 1 amide bonds. The van der Waals surface area contributed by atoms with E-state index in [1.807, 2.05) is 17.5 Å². The van der Waals surface area contributed by atoms with Crippen LogP contribution < -0.4 is 10.6 Å². The van der Waals surface area contributed by atoms with Gasteiger partial charge in [-0.1, -0.05) is 25.1 Å². The fourth-order valence-corrected chi connectivity index (χ4v) is 3.37. The Balaban J connectivity index is 1.51. The molecule has 1 aliphatic rings. The molecule has 2 atom stereocenters. The minimum absolute atomic E-state index is 0.113. The molecular weight excluding hydrogens is 282 g/mol. The van der Waals surface area contributed by atoms with Crippen LogP contribution in [0, 0.1) is 0 Å². The maximum Gasteiger partial charge on any atom is 0.220 e. The number of carbonyl (C=O) groups excluding carboxylic acids is 1. The van der Waals surface area contributed by atoms with E-state index >= 15 is 0 Å². The Bertz CT molecular complexity index is 612. The highest BCUT2D eigenvalue weighted by Crippen LogP contribution is 2.33. The Morgan fingerprint density at radius 1 is 1.52 bits per heavy atom. The molecule has 0 radical (unpaired) electrons. The highest BCUT2D eigenvalue weighted by atomic mass is 32.1. The lowest BCUT2D eigenvalue weighted by molar-refractivity contribution is -0.121. The normalized spacial score (nSPS) is 17.9. The second-order valence-electron chi connectivity index (χ2n) is 5.44. The van der Waals surface area contributed by atoms with Crippen molar-refractivity contribution in [1.82, 2.24) is 10.3 Å². The molecule has 1 aromatic heterocycles. The molecule has 110 valence electrons. The number of amides is 1. The van der Waals surface area contributed by atoms with Crippen molar-refractivity contribution in [2.75, 3.05) is 18.4 Å². The van der Waals surface area contributed by atoms with Crippen molar-refractivity contribution in [2.24, 2.45) is 0 Å². The fourth-order valence-electron chi connectivity index (χ4n) is 2.67. The number of nitrogens with one attached hydrogen (secondary N) is 2. The van der Waals surface area contributed by atoms with Crippen molar-refractivity contribution in [3.63, 3.8) is 0 Å². The van der Waals surface area contributed by atoms with Gasteiger partial charge >= 0.3 is 0 Å². The first-order valence-electron chi connectivity index (χ1n) is 7.23. The van der Waals surface area contributed by atoms with Crippen LogP contribution in [0.5, 0.6) is 0 Å². The van der Waals surface area contributed by atoms with Crippen LogP contribution in [-0.4, -0.2) is 24.0 Å². The van der Waals surface area contributed by atoms with Gasteiger partial charge in [-0.2, -0.15) is 0 Å². The summed E-state index contributed by atoms with van der Waals surface area (Å²) in [4.78, 5) is 16.4. The molecule has 0 saturated carbocycles. The van der Waals surface area contributed by atoms with Gasteiger partial charge in [0.1, 0.15) is 0 Å². The molecule has 2 heterocycles. The first-order valence-corrected chi connectivity index (χ1v) is 8.11. The zero-order valence-corrected chi connectivity index (χ0v) is 12.8. The number of fused-ring (bicyclic) bond motifs is 1. The molecule has 4 nitrogen and oxygen atoms in total. The van der Waals surface area contributed by atoms with Gasteiger partial charge in [-0.15, -0.1) is 11.3 Å². The molecule has 0 bridgehead atoms. The first kappa shape index (κ1) is 14.1. The number of rotatable bonds is 5. The number of hydrogen-bond donors (Lipinski definition) is 2. The summed E-state index contributed by atoms with van der Waals surface area (Å²) in [6.45, 7) is 3.58. The zero-order chi connectivity index (χ0) is 14.7. The predicted molar refractivity (Wildman–Crippen MR) is 85.8 cm³/mol. The number of carbonyl (C=O) groups is 1. The third-order valence-electron chi connectivity index (χ3n) is 3.85. The van der Waals surface area contributed by atoms with E-state index in [0.29, 0.717) is 13.0 Å². The lowest BCUT2D eigenvalue weighted by Gasteiger charge is -2.13. The van der Waals surface area contributed by atoms with Crippen LogP contribution >= 0.6 is 11.3 Å². The number of para-hydroxylation sites is 1. The van der Waals surface area contributed by atoms with Gasteiger partial charge in [0, 0.05) is 48.6 Å². The van der Waals surface area contributed by atoms with Crippen LogP contribution in [0.4, 0.5) is 5.69 Å². The van der Waals surface area contributed by atoms with Gasteiger partial charge in [0.25, 0.3) is 0 Å². The van der Waals surface area contributed by atoms with Crippen molar-refractivity contribution in [2.45, 2.75) is 25.2 Å². The highest BCUT2D eigenvalue weighted by molar-refractivity contribution is 7.09. The van der Waals surface area contributed by atoms with E-state index in [0.717, 1.165) is 17.2 Å². The minimum Gasteiger partial charge on any atom is -0.384 e. The van der Waals surface area contributed by atoms with E-state index in [1.165, 1.54) is 5.56 Å². The monoisotopic (exact) mass is 301 g/mol. The maximum atomic E-state index is 12.1. The highest BCUT2D eigenvalue weighted by Gasteiger charge is 2.24. The standard InChI is InChI=1S/C16H19N3OS/c1-11(16-17-6-7-21-16)9-19-15(20)8-12-10-18-14-5-3-2-4-13(12)14/h2-7,11-12,18H,8-10H2,1H3,(H,19,20). The number of benzene rings is 1. The topological polar surface area (TPSA) is 54.0 Å². The van der Waals surface area contributed by atoms with E-state index in [9.17, 15) is 4.79 Å². The van der Waals surface area contributed by atoms with E-state index in [1.54, 1.807) is 17.5 Å². The summed E-state index contributed by atoms with van der Waals surface area (Å²) in [7, 11) is 0. The van der Waals surface area contributed by atoms with Gasteiger partial charge in [0.15, 0.2) is 0 Å². The van der Waals surface area contributed by atoms with Crippen molar-refractivity contribution >= 4 is 22.9 Å². The molecule has 1 aromatic carbocycles. The zero-order valence-electron chi connectivity index (χ0n) is 12.0. The Hall–Kier alpha value is -1.88. The molecule has 0 fully saturated rings. The molecule has 1 aliphatic heterocycles. The minimum atomic E-state index is 0.113. The van der Waals surface area contributed by atoms with Crippen molar-refractivity contribution < 1.29 is 4.79 Å². The Morgan fingerprint density at radius 3 is 3.19 bits per heavy atom. The van der Waals surface area contributed by atoms with Crippen LogP contribution in [0.2, 0.25) is 0 Å². The Morgan fingerprint density at radius 2 is 2.38 bits per heavy atom. The lowest BCUT2D eigenvalue weighted by atomic mass is 9.97. The molecule has 3 rings (SSSR count). The van der Waals surface area contributed by atoms with Crippen LogP contribution in [-0.2, 0) is 4.79 Å². The van der Waals surface area contributed by atoms with Gasteiger partial charge in [-0.05, 0) is 11.6 Å². The summed E-state index contributed by atoms with van der Waals surface area (Å²) >= 11 is 1.63. The average molecular weight is 301 g/mol. The predicted octanol–water partition coefficient (Wildman–Crippen LogP) is 2.96. The third kappa shape index (κ3) is 3.24. The van der Waals surface area contributed by atoms with E-state index in [-0.39, 0.29) is 17.7 Å². The van der Waals surface area contributed by atoms with E-state index < -0.39 is 0 Å². The Labute approximate surface area is 128 Å². The quantitative estimate of drug-likeness (QED) is 0.892. The molecule has 2 N–H and O–H groups in total. The average Bonchev–Trinajstić information content (AvgIpc) is 3.15. The summed E-state index contributed by atoms with van der Waals surface area (Å²) in [6, 6.07) is 8.22. The van der Waals surface area contributed by atoms with Gasteiger partial charge in [0.2, 0.25) is 5.91 Å².